The Hall–Kier alpha value is -3.62. The van der Waals surface area contributed by atoms with Crippen molar-refractivity contribution < 1.29 is 18.7 Å². The molecule has 0 aliphatic carbocycles. The standard InChI is InChI=1S/C29H32ClFN4O3/c1-19-4-11-25(12-5-19)32-29(37)33-26-14-23(30)8-13-27(26)38-18-28(36)35-16-20(2)34(15-21(35)3)17-22-6-9-24(31)10-7-22/h4-14,20-21H,15-18H2,1-3H3,(H2,32,33,37). The van der Waals surface area contributed by atoms with Gasteiger partial charge in [-0.05, 0) is 68.8 Å². The number of nitrogens with one attached hydrogen (secondary N) is 2. The van der Waals surface area contributed by atoms with E-state index in [1.165, 1.54) is 12.1 Å². The zero-order chi connectivity index (χ0) is 27.2. The Labute approximate surface area is 227 Å². The predicted octanol–water partition coefficient (Wildman–Crippen LogP) is 5.93. The van der Waals surface area contributed by atoms with Crippen LogP contribution in [0.4, 0.5) is 20.6 Å². The summed E-state index contributed by atoms with van der Waals surface area (Å²) in [5.74, 6) is -0.0511. The number of amides is 3. The SMILES string of the molecule is Cc1ccc(NC(=O)Nc2cc(Cl)ccc2OCC(=O)N2CC(C)N(Cc3ccc(F)cc3)CC2C)cc1. The van der Waals surface area contributed by atoms with Crippen molar-refractivity contribution in [2.24, 2.45) is 0 Å². The topological polar surface area (TPSA) is 73.9 Å². The van der Waals surface area contributed by atoms with Crippen LogP contribution in [0.5, 0.6) is 5.75 Å². The number of carbonyl (C=O) groups excluding carboxylic acids is 2. The van der Waals surface area contributed by atoms with E-state index in [2.05, 4.69) is 22.5 Å². The minimum Gasteiger partial charge on any atom is -0.482 e. The number of piperazine rings is 1. The van der Waals surface area contributed by atoms with E-state index >= 15 is 0 Å². The van der Waals surface area contributed by atoms with E-state index in [9.17, 15) is 14.0 Å². The summed E-state index contributed by atoms with van der Waals surface area (Å²) < 4.78 is 19.1. The Morgan fingerprint density at radius 3 is 2.39 bits per heavy atom. The molecule has 4 rings (SSSR count). The van der Waals surface area contributed by atoms with E-state index in [0.29, 0.717) is 41.8 Å². The maximum Gasteiger partial charge on any atom is 0.323 e. The number of nitrogens with zero attached hydrogens (tertiary/aromatic N) is 2. The van der Waals surface area contributed by atoms with Crippen molar-refractivity contribution in [3.05, 3.63) is 88.7 Å². The summed E-state index contributed by atoms with van der Waals surface area (Å²) in [5, 5.41) is 5.95. The zero-order valence-electron chi connectivity index (χ0n) is 21.7. The van der Waals surface area contributed by atoms with Crippen LogP contribution >= 0.6 is 11.6 Å². The van der Waals surface area contributed by atoms with Gasteiger partial charge in [0.15, 0.2) is 6.61 Å². The number of hydrogen-bond donors (Lipinski definition) is 2. The molecule has 1 saturated heterocycles. The number of urea groups is 1. The highest BCUT2D eigenvalue weighted by Crippen LogP contribution is 2.29. The first-order valence-corrected chi connectivity index (χ1v) is 12.9. The van der Waals surface area contributed by atoms with Gasteiger partial charge in [0.25, 0.3) is 5.91 Å². The molecule has 2 N–H and O–H groups in total. The molecule has 2 unspecified atom stereocenters. The minimum absolute atomic E-state index is 0.0224. The smallest absolute Gasteiger partial charge is 0.323 e. The molecule has 1 fully saturated rings. The Morgan fingerprint density at radius 1 is 0.974 bits per heavy atom. The predicted molar refractivity (Wildman–Crippen MR) is 148 cm³/mol. The summed E-state index contributed by atoms with van der Waals surface area (Å²) in [6.07, 6.45) is 0. The number of aryl methyl sites for hydroxylation is 1. The first-order chi connectivity index (χ1) is 18.2. The number of benzene rings is 3. The fourth-order valence-electron chi connectivity index (χ4n) is 4.46. The monoisotopic (exact) mass is 538 g/mol. The van der Waals surface area contributed by atoms with Gasteiger partial charge in [-0.1, -0.05) is 41.4 Å². The lowest BCUT2D eigenvalue weighted by Crippen LogP contribution is -2.58. The lowest BCUT2D eigenvalue weighted by Gasteiger charge is -2.44. The van der Waals surface area contributed by atoms with Crippen LogP contribution in [0.15, 0.2) is 66.7 Å². The molecule has 3 amide bonds. The third-order valence-corrected chi connectivity index (χ3v) is 6.82. The summed E-state index contributed by atoms with van der Waals surface area (Å²) in [6, 6.07) is 18.4. The van der Waals surface area contributed by atoms with Crippen molar-refractivity contribution in [2.45, 2.75) is 39.4 Å². The first-order valence-electron chi connectivity index (χ1n) is 12.5. The average molecular weight is 539 g/mol. The van der Waals surface area contributed by atoms with Gasteiger partial charge in [-0.3, -0.25) is 9.69 Å². The highest BCUT2D eigenvalue weighted by atomic mass is 35.5. The van der Waals surface area contributed by atoms with Gasteiger partial charge in [-0.15, -0.1) is 0 Å². The van der Waals surface area contributed by atoms with E-state index in [0.717, 1.165) is 11.1 Å². The van der Waals surface area contributed by atoms with E-state index in [-0.39, 0.29) is 30.4 Å². The zero-order valence-corrected chi connectivity index (χ0v) is 22.5. The Morgan fingerprint density at radius 2 is 1.68 bits per heavy atom. The van der Waals surface area contributed by atoms with E-state index in [4.69, 9.17) is 16.3 Å². The maximum atomic E-state index is 13.2. The number of anilines is 2. The van der Waals surface area contributed by atoms with Gasteiger partial charge in [-0.25, -0.2) is 9.18 Å². The molecule has 9 heteroatoms. The van der Waals surface area contributed by atoms with E-state index in [1.54, 1.807) is 30.3 Å². The number of carbonyl (C=O) groups is 2. The molecular weight excluding hydrogens is 507 g/mol. The van der Waals surface area contributed by atoms with Gasteiger partial charge in [0.2, 0.25) is 0 Å². The van der Waals surface area contributed by atoms with Crippen LogP contribution in [0, 0.1) is 12.7 Å². The van der Waals surface area contributed by atoms with Crippen molar-refractivity contribution in [3.8, 4) is 5.75 Å². The van der Waals surface area contributed by atoms with Gasteiger partial charge in [-0.2, -0.15) is 0 Å². The number of halogens is 2. The summed E-state index contributed by atoms with van der Waals surface area (Å²) in [6.45, 7) is 7.80. The van der Waals surface area contributed by atoms with Gasteiger partial charge in [0.05, 0.1) is 5.69 Å². The second-order valence-electron chi connectivity index (χ2n) is 9.67. The van der Waals surface area contributed by atoms with Crippen LogP contribution in [0.1, 0.15) is 25.0 Å². The fraction of sp³-hybridized carbons (Fsp3) is 0.310. The highest BCUT2D eigenvalue weighted by Gasteiger charge is 2.32. The molecule has 0 aromatic heterocycles. The second-order valence-corrected chi connectivity index (χ2v) is 10.1. The van der Waals surface area contributed by atoms with Gasteiger partial charge < -0.3 is 20.3 Å². The van der Waals surface area contributed by atoms with Crippen LogP contribution in [0.2, 0.25) is 5.02 Å². The third-order valence-electron chi connectivity index (χ3n) is 6.58. The molecule has 0 bridgehead atoms. The molecule has 0 radical (unpaired) electrons. The van der Waals surface area contributed by atoms with Crippen LogP contribution in [-0.4, -0.2) is 53.5 Å². The molecule has 3 aromatic carbocycles. The van der Waals surface area contributed by atoms with Crippen molar-refractivity contribution in [1.29, 1.82) is 0 Å². The third kappa shape index (κ3) is 7.24. The van der Waals surface area contributed by atoms with Crippen LogP contribution in [-0.2, 0) is 11.3 Å². The Balaban J connectivity index is 1.34. The lowest BCUT2D eigenvalue weighted by atomic mass is 10.1. The molecule has 1 heterocycles. The lowest BCUT2D eigenvalue weighted by molar-refractivity contribution is -0.139. The van der Waals surface area contributed by atoms with Crippen molar-refractivity contribution in [2.75, 3.05) is 30.3 Å². The molecule has 7 nitrogen and oxygen atoms in total. The molecule has 1 aliphatic rings. The van der Waals surface area contributed by atoms with Crippen molar-refractivity contribution in [1.82, 2.24) is 9.80 Å². The van der Waals surface area contributed by atoms with Gasteiger partial charge >= 0.3 is 6.03 Å². The van der Waals surface area contributed by atoms with Gasteiger partial charge in [0.1, 0.15) is 11.6 Å². The maximum absolute atomic E-state index is 13.2. The molecule has 2 atom stereocenters. The summed E-state index contributed by atoms with van der Waals surface area (Å²) in [7, 11) is 0. The normalized spacial score (nSPS) is 17.7. The van der Waals surface area contributed by atoms with Crippen LogP contribution in [0.25, 0.3) is 0 Å². The number of rotatable bonds is 7. The average Bonchev–Trinajstić information content (AvgIpc) is 2.88. The molecular formula is C29H32ClFN4O3. The number of ether oxygens (including phenoxy) is 1. The molecule has 0 saturated carbocycles. The molecule has 3 aromatic rings. The summed E-state index contributed by atoms with van der Waals surface area (Å²) >= 11 is 6.15. The highest BCUT2D eigenvalue weighted by molar-refractivity contribution is 6.31. The molecule has 0 spiro atoms. The fourth-order valence-corrected chi connectivity index (χ4v) is 4.63. The quantitative estimate of drug-likeness (QED) is 0.391. The summed E-state index contributed by atoms with van der Waals surface area (Å²) in [4.78, 5) is 29.8. The van der Waals surface area contributed by atoms with E-state index < -0.39 is 6.03 Å². The first kappa shape index (κ1) is 27.4. The minimum atomic E-state index is -0.452. The second kappa shape index (κ2) is 12.3. The van der Waals surface area contributed by atoms with Crippen LogP contribution < -0.4 is 15.4 Å². The van der Waals surface area contributed by atoms with Crippen molar-refractivity contribution >= 4 is 34.9 Å². The Kier molecular flexibility index (Phi) is 8.86. The van der Waals surface area contributed by atoms with Crippen LogP contribution in [0.3, 0.4) is 0 Å². The molecule has 1 aliphatic heterocycles. The Bertz CT molecular complexity index is 1270. The summed E-state index contributed by atoms with van der Waals surface area (Å²) in [5.41, 5.74) is 3.13. The largest absolute Gasteiger partial charge is 0.482 e. The van der Waals surface area contributed by atoms with Crippen molar-refractivity contribution in [3.63, 3.8) is 0 Å². The molecule has 38 heavy (non-hydrogen) atoms. The molecule has 200 valence electrons. The van der Waals surface area contributed by atoms with E-state index in [1.807, 2.05) is 43.0 Å². The number of hydrogen-bond acceptors (Lipinski definition) is 4. The van der Waals surface area contributed by atoms with Gasteiger partial charge in [0, 0.05) is 42.4 Å².